The van der Waals surface area contributed by atoms with Crippen molar-refractivity contribution in [2.24, 2.45) is 0 Å². The maximum atomic E-state index is 11.7. The number of halogens is 1. The molecule has 0 aliphatic rings. The van der Waals surface area contributed by atoms with E-state index in [0.29, 0.717) is 11.0 Å². The van der Waals surface area contributed by atoms with Crippen LogP contribution in [0.1, 0.15) is 0 Å². The van der Waals surface area contributed by atoms with Crippen LogP contribution >= 0.6 is 15.9 Å². The van der Waals surface area contributed by atoms with E-state index in [4.69, 9.17) is 4.42 Å². The second-order valence-corrected chi connectivity index (χ2v) is 4.49. The van der Waals surface area contributed by atoms with E-state index >= 15 is 0 Å². The Morgan fingerprint density at radius 3 is 2.62 bits per heavy atom. The third kappa shape index (κ3) is 1.36. The topological polar surface area (TPSA) is 30.2 Å². The minimum atomic E-state index is -0.291. The molecule has 78 valence electrons. The smallest absolute Gasteiger partial charge is 0.344 e. The molecule has 3 aromatic rings. The molecule has 0 aliphatic carbocycles. The van der Waals surface area contributed by atoms with Gasteiger partial charge in [-0.2, -0.15) is 0 Å². The third-order valence-electron chi connectivity index (χ3n) is 2.58. The number of rotatable bonds is 0. The van der Waals surface area contributed by atoms with Crippen LogP contribution in [-0.4, -0.2) is 0 Å². The Balaban J connectivity index is 2.67. The summed E-state index contributed by atoms with van der Waals surface area (Å²) in [5.41, 5.74) is 0.333. The van der Waals surface area contributed by atoms with E-state index in [1.54, 1.807) is 12.1 Å². The zero-order valence-electron chi connectivity index (χ0n) is 8.24. The van der Waals surface area contributed by atoms with Crippen molar-refractivity contribution in [2.75, 3.05) is 0 Å². The molecule has 0 amide bonds. The summed E-state index contributed by atoms with van der Waals surface area (Å²) in [4.78, 5) is 11.7. The van der Waals surface area contributed by atoms with Crippen LogP contribution in [-0.2, 0) is 0 Å². The standard InChI is InChI=1S/C13H7BrO2/c14-8-5-6-10-11(7-8)9-3-1-2-4-12(9)16-13(10)15/h1-7H. The summed E-state index contributed by atoms with van der Waals surface area (Å²) in [6.07, 6.45) is 0. The monoisotopic (exact) mass is 274 g/mol. The molecule has 0 fully saturated rings. The number of benzene rings is 2. The van der Waals surface area contributed by atoms with Crippen LogP contribution in [0.15, 0.2) is 56.1 Å². The molecular weight excluding hydrogens is 268 g/mol. The molecule has 0 N–H and O–H groups in total. The fraction of sp³-hybridized carbons (Fsp3) is 0. The fourth-order valence-corrected chi connectivity index (χ4v) is 2.21. The molecular formula is C13H7BrO2. The molecule has 0 atom stereocenters. The van der Waals surface area contributed by atoms with Crippen molar-refractivity contribution in [2.45, 2.75) is 0 Å². The van der Waals surface area contributed by atoms with Gasteiger partial charge in [-0.25, -0.2) is 4.79 Å². The lowest BCUT2D eigenvalue weighted by Crippen LogP contribution is -1.99. The minimum absolute atomic E-state index is 0.291. The Hall–Kier alpha value is -1.61. The molecule has 2 aromatic carbocycles. The molecule has 16 heavy (non-hydrogen) atoms. The Labute approximate surface area is 99.6 Å². The zero-order chi connectivity index (χ0) is 11.1. The highest BCUT2D eigenvalue weighted by molar-refractivity contribution is 9.10. The summed E-state index contributed by atoms with van der Waals surface area (Å²) in [5, 5.41) is 2.49. The van der Waals surface area contributed by atoms with Gasteiger partial charge in [0.15, 0.2) is 0 Å². The lowest BCUT2D eigenvalue weighted by atomic mass is 10.1. The Morgan fingerprint density at radius 2 is 1.75 bits per heavy atom. The molecule has 0 bridgehead atoms. The van der Waals surface area contributed by atoms with Crippen molar-refractivity contribution in [3.63, 3.8) is 0 Å². The largest absolute Gasteiger partial charge is 0.422 e. The highest BCUT2D eigenvalue weighted by Gasteiger charge is 2.06. The zero-order valence-corrected chi connectivity index (χ0v) is 9.82. The molecule has 0 saturated carbocycles. The van der Waals surface area contributed by atoms with Crippen molar-refractivity contribution in [1.82, 2.24) is 0 Å². The van der Waals surface area contributed by atoms with Crippen LogP contribution in [0.3, 0.4) is 0 Å². The average molecular weight is 275 g/mol. The third-order valence-corrected chi connectivity index (χ3v) is 3.07. The maximum absolute atomic E-state index is 11.7. The van der Waals surface area contributed by atoms with E-state index in [2.05, 4.69) is 15.9 Å². The summed E-state index contributed by atoms with van der Waals surface area (Å²) in [6.45, 7) is 0. The molecule has 0 spiro atoms. The summed E-state index contributed by atoms with van der Waals surface area (Å²) >= 11 is 3.41. The van der Waals surface area contributed by atoms with Gasteiger partial charge in [-0.1, -0.05) is 34.1 Å². The van der Waals surface area contributed by atoms with E-state index < -0.39 is 0 Å². The first-order valence-corrected chi connectivity index (χ1v) is 5.66. The summed E-state index contributed by atoms with van der Waals surface area (Å²) in [5.74, 6) is 0. The van der Waals surface area contributed by atoms with Crippen molar-refractivity contribution in [1.29, 1.82) is 0 Å². The van der Waals surface area contributed by atoms with Gasteiger partial charge < -0.3 is 4.42 Å². The van der Waals surface area contributed by atoms with Gasteiger partial charge in [0.1, 0.15) is 5.58 Å². The first-order chi connectivity index (χ1) is 7.75. The lowest BCUT2D eigenvalue weighted by molar-refractivity contribution is 0.569. The quantitative estimate of drug-likeness (QED) is 0.462. The Kier molecular flexibility index (Phi) is 2.07. The molecule has 0 aliphatic heterocycles. The molecule has 1 heterocycles. The highest BCUT2D eigenvalue weighted by atomic mass is 79.9. The van der Waals surface area contributed by atoms with Gasteiger partial charge in [0, 0.05) is 15.2 Å². The van der Waals surface area contributed by atoms with Crippen LogP contribution in [0.4, 0.5) is 0 Å². The Bertz CT molecular complexity index is 744. The van der Waals surface area contributed by atoms with Crippen LogP contribution in [0.2, 0.25) is 0 Å². The Morgan fingerprint density at radius 1 is 0.938 bits per heavy atom. The van der Waals surface area contributed by atoms with Gasteiger partial charge >= 0.3 is 5.63 Å². The second kappa shape index (κ2) is 3.46. The molecule has 3 rings (SSSR count). The average Bonchev–Trinajstić information content (AvgIpc) is 2.29. The summed E-state index contributed by atoms with van der Waals surface area (Å²) in [7, 11) is 0. The van der Waals surface area contributed by atoms with Gasteiger partial charge in [0.05, 0.1) is 5.39 Å². The van der Waals surface area contributed by atoms with Gasteiger partial charge in [-0.05, 0) is 24.3 Å². The van der Waals surface area contributed by atoms with Crippen LogP contribution < -0.4 is 5.63 Å². The molecule has 0 unspecified atom stereocenters. The van der Waals surface area contributed by atoms with E-state index in [1.165, 1.54) is 0 Å². The van der Waals surface area contributed by atoms with Gasteiger partial charge in [0.25, 0.3) is 0 Å². The molecule has 1 aromatic heterocycles. The first-order valence-electron chi connectivity index (χ1n) is 4.87. The number of para-hydroxylation sites is 1. The maximum Gasteiger partial charge on any atom is 0.344 e. The second-order valence-electron chi connectivity index (χ2n) is 3.58. The molecule has 0 radical (unpaired) electrons. The van der Waals surface area contributed by atoms with Crippen LogP contribution in [0.25, 0.3) is 21.7 Å². The lowest BCUT2D eigenvalue weighted by Gasteiger charge is -2.02. The predicted octanol–water partition coefficient (Wildman–Crippen LogP) is 3.71. The SMILES string of the molecule is O=c1oc2ccccc2c2cc(Br)ccc12. The summed E-state index contributed by atoms with van der Waals surface area (Å²) < 4.78 is 6.20. The molecule has 2 nitrogen and oxygen atoms in total. The highest BCUT2D eigenvalue weighted by Crippen LogP contribution is 2.25. The predicted molar refractivity (Wildman–Crippen MR) is 67.7 cm³/mol. The van der Waals surface area contributed by atoms with Crippen molar-refractivity contribution < 1.29 is 4.42 Å². The van der Waals surface area contributed by atoms with Crippen LogP contribution in [0, 0.1) is 0 Å². The number of hydrogen-bond acceptors (Lipinski definition) is 2. The van der Waals surface area contributed by atoms with Crippen molar-refractivity contribution >= 4 is 37.7 Å². The molecule has 3 heteroatoms. The first kappa shape index (κ1) is 9.60. The van der Waals surface area contributed by atoms with E-state index in [1.807, 2.05) is 30.3 Å². The van der Waals surface area contributed by atoms with Gasteiger partial charge in [-0.15, -0.1) is 0 Å². The van der Waals surface area contributed by atoms with E-state index in [0.717, 1.165) is 15.2 Å². The van der Waals surface area contributed by atoms with Crippen molar-refractivity contribution in [3.05, 3.63) is 57.4 Å². The van der Waals surface area contributed by atoms with E-state index in [-0.39, 0.29) is 5.63 Å². The number of fused-ring (bicyclic) bond motifs is 3. The normalized spacial score (nSPS) is 11.1. The van der Waals surface area contributed by atoms with Crippen molar-refractivity contribution in [3.8, 4) is 0 Å². The van der Waals surface area contributed by atoms with Crippen LogP contribution in [0.5, 0.6) is 0 Å². The summed E-state index contributed by atoms with van der Waals surface area (Å²) in [6, 6.07) is 13.1. The minimum Gasteiger partial charge on any atom is -0.422 e. The fourth-order valence-electron chi connectivity index (χ4n) is 1.85. The number of hydrogen-bond donors (Lipinski definition) is 0. The van der Waals surface area contributed by atoms with E-state index in [9.17, 15) is 4.79 Å². The van der Waals surface area contributed by atoms with Gasteiger partial charge in [-0.3, -0.25) is 0 Å². The van der Waals surface area contributed by atoms with Gasteiger partial charge in [0.2, 0.25) is 0 Å². The molecule has 0 saturated heterocycles.